The van der Waals surface area contributed by atoms with Crippen LogP contribution >= 0.6 is 0 Å². The second kappa shape index (κ2) is 9.82. The predicted molar refractivity (Wildman–Crippen MR) is 107 cm³/mol. The van der Waals surface area contributed by atoms with E-state index >= 15 is 0 Å². The van der Waals surface area contributed by atoms with Crippen LogP contribution in [0.4, 0.5) is 0 Å². The van der Waals surface area contributed by atoms with Crippen LogP contribution in [0.1, 0.15) is 50.6 Å². The first-order valence-corrected chi connectivity index (χ1v) is 10.4. The van der Waals surface area contributed by atoms with E-state index in [1.165, 1.54) is 0 Å². The molecule has 2 aliphatic heterocycles. The Kier molecular flexibility index (Phi) is 7.19. The summed E-state index contributed by atoms with van der Waals surface area (Å²) in [6.45, 7) is 3.93. The van der Waals surface area contributed by atoms with Crippen LogP contribution in [0.15, 0.2) is 24.4 Å². The lowest BCUT2D eigenvalue weighted by atomic mass is 9.86. The number of rotatable bonds is 8. The van der Waals surface area contributed by atoms with Gasteiger partial charge in [0.1, 0.15) is 0 Å². The fraction of sp³-hybridized carbons (Fsp3) is 0.619. The van der Waals surface area contributed by atoms with Crippen LogP contribution in [0.2, 0.25) is 0 Å². The van der Waals surface area contributed by atoms with Crippen LogP contribution in [0.5, 0.6) is 0 Å². The average molecular weight is 402 g/mol. The van der Waals surface area contributed by atoms with Crippen LogP contribution < -0.4 is 5.32 Å². The van der Waals surface area contributed by atoms with Gasteiger partial charge in [0.2, 0.25) is 11.8 Å². The molecule has 2 aliphatic rings. The van der Waals surface area contributed by atoms with Gasteiger partial charge < -0.3 is 15.3 Å². The number of nitrogens with zero attached hydrogens (tertiary/aromatic N) is 3. The summed E-state index contributed by atoms with van der Waals surface area (Å²) in [5.41, 5.74) is 0.478. The van der Waals surface area contributed by atoms with Gasteiger partial charge in [0, 0.05) is 63.7 Å². The van der Waals surface area contributed by atoms with Gasteiger partial charge in [-0.1, -0.05) is 6.07 Å². The maximum atomic E-state index is 12.8. The van der Waals surface area contributed by atoms with Crippen LogP contribution in [-0.2, 0) is 20.9 Å². The summed E-state index contributed by atoms with van der Waals surface area (Å²) >= 11 is 0. The molecule has 2 N–H and O–H groups in total. The summed E-state index contributed by atoms with van der Waals surface area (Å²) < 4.78 is 0. The summed E-state index contributed by atoms with van der Waals surface area (Å²) in [5, 5.41) is 11.9. The molecule has 3 heterocycles. The predicted octanol–water partition coefficient (Wildman–Crippen LogP) is 1.41. The number of aromatic nitrogens is 1. The zero-order valence-corrected chi connectivity index (χ0v) is 16.8. The lowest BCUT2D eigenvalue weighted by molar-refractivity contribution is -0.137. The van der Waals surface area contributed by atoms with Crippen molar-refractivity contribution >= 4 is 17.8 Å². The van der Waals surface area contributed by atoms with Gasteiger partial charge in [-0.3, -0.25) is 24.3 Å². The van der Waals surface area contributed by atoms with Crippen LogP contribution in [-0.4, -0.2) is 69.4 Å². The normalized spacial score (nSPS) is 22.9. The number of nitrogens with one attached hydrogen (secondary N) is 1. The van der Waals surface area contributed by atoms with Crippen molar-refractivity contribution < 1.29 is 19.5 Å². The third-order valence-electron chi connectivity index (χ3n) is 5.92. The minimum atomic E-state index is -0.877. The van der Waals surface area contributed by atoms with Crippen molar-refractivity contribution in [2.75, 3.05) is 26.2 Å². The summed E-state index contributed by atoms with van der Waals surface area (Å²) in [6.07, 6.45) is 4.92. The number of pyridine rings is 1. The lowest BCUT2D eigenvalue weighted by Gasteiger charge is -2.30. The van der Waals surface area contributed by atoms with Gasteiger partial charge in [-0.2, -0.15) is 0 Å². The maximum Gasteiger partial charge on any atom is 0.303 e. The monoisotopic (exact) mass is 402 g/mol. The lowest BCUT2D eigenvalue weighted by Crippen LogP contribution is -2.43. The van der Waals surface area contributed by atoms with Crippen LogP contribution in [0, 0.1) is 0 Å². The zero-order valence-electron chi connectivity index (χ0n) is 16.8. The highest BCUT2D eigenvalue weighted by Gasteiger charge is 2.38. The molecular formula is C21H30N4O4. The Morgan fingerprint density at radius 1 is 1.14 bits per heavy atom. The summed E-state index contributed by atoms with van der Waals surface area (Å²) in [5.74, 6) is -0.847. The van der Waals surface area contributed by atoms with Crippen LogP contribution in [0.3, 0.4) is 0 Å². The first kappa shape index (κ1) is 21.2. The Labute approximate surface area is 171 Å². The number of hydrogen-bond donors (Lipinski definition) is 2. The van der Waals surface area contributed by atoms with E-state index in [-0.39, 0.29) is 18.2 Å². The molecule has 2 saturated heterocycles. The molecule has 29 heavy (non-hydrogen) atoms. The van der Waals surface area contributed by atoms with E-state index in [1.54, 1.807) is 6.20 Å². The van der Waals surface area contributed by atoms with E-state index < -0.39 is 11.5 Å². The Morgan fingerprint density at radius 2 is 1.97 bits per heavy atom. The van der Waals surface area contributed by atoms with Crippen molar-refractivity contribution in [2.24, 2.45) is 0 Å². The van der Waals surface area contributed by atoms with Crippen molar-refractivity contribution in [2.45, 2.75) is 57.0 Å². The fourth-order valence-corrected chi connectivity index (χ4v) is 4.22. The van der Waals surface area contributed by atoms with Gasteiger partial charge in [0.25, 0.3) is 0 Å². The highest BCUT2D eigenvalue weighted by molar-refractivity contribution is 5.80. The highest BCUT2D eigenvalue weighted by Crippen LogP contribution is 2.30. The van der Waals surface area contributed by atoms with Gasteiger partial charge in [-0.15, -0.1) is 0 Å². The number of aliphatic carboxylic acids is 1. The number of carboxylic acid groups (broad SMARTS) is 1. The van der Waals surface area contributed by atoms with E-state index in [0.717, 1.165) is 38.3 Å². The topological polar surface area (TPSA) is 103 Å². The van der Waals surface area contributed by atoms with E-state index in [4.69, 9.17) is 5.11 Å². The number of carbonyl (C=O) groups excluding carboxylic acids is 2. The van der Waals surface area contributed by atoms with Gasteiger partial charge in [0.05, 0.1) is 5.69 Å². The molecule has 8 heteroatoms. The molecule has 1 unspecified atom stereocenters. The molecule has 158 valence electrons. The van der Waals surface area contributed by atoms with Crippen molar-refractivity contribution in [1.82, 2.24) is 20.1 Å². The maximum absolute atomic E-state index is 12.8. The Bertz CT molecular complexity index is 727. The molecule has 8 nitrogen and oxygen atoms in total. The van der Waals surface area contributed by atoms with E-state index in [0.29, 0.717) is 38.6 Å². The smallest absolute Gasteiger partial charge is 0.303 e. The molecule has 0 aromatic carbocycles. The molecule has 1 aromatic rings. The van der Waals surface area contributed by atoms with Gasteiger partial charge in [-0.25, -0.2) is 0 Å². The fourth-order valence-electron chi connectivity index (χ4n) is 4.22. The van der Waals surface area contributed by atoms with E-state index in [2.05, 4.69) is 15.2 Å². The third-order valence-corrected chi connectivity index (χ3v) is 5.92. The van der Waals surface area contributed by atoms with Gasteiger partial charge in [-0.05, 0) is 37.8 Å². The first-order valence-electron chi connectivity index (χ1n) is 10.4. The van der Waals surface area contributed by atoms with Crippen molar-refractivity contribution in [3.8, 4) is 0 Å². The molecule has 0 saturated carbocycles. The number of carboxylic acids is 1. The minimum absolute atomic E-state index is 0.000661. The molecule has 1 atom stereocenters. The summed E-state index contributed by atoms with van der Waals surface area (Å²) in [6, 6.07) is 5.90. The largest absolute Gasteiger partial charge is 0.481 e. The molecule has 3 rings (SSSR count). The van der Waals surface area contributed by atoms with Gasteiger partial charge in [0.15, 0.2) is 0 Å². The third kappa shape index (κ3) is 6.25. The van der Waals surface area contributed by atoms with E-state index in [9.17, 15) is 14.4 Å². The summed E-state index contributed by atoms with van der Waals surface area (Å²) in [4.78, 5) is 44.1. The quantitative estimate of drug-likeness (QED) is 0.682. The average Bonchev–Trinajstić information content (AvgIpc) is 2.92. The van der Waals surface area contributed by atoms with Crippen molar-refractivity contribution in [1.29, 1.82) is 0 Å². The molecule has 0 spiro atoms. The molecular weight excluding hydrogens is 372 g/mol. The molecule has 2 amide bonds. The Morgan fingerprint density at radius 3 is 2.66 bits per heavy atom. The molecule has 2 fully saturated rings. The standard InChI is InChI=1S/C21H30N4O4/c26-18-5-8-21(23-18,10-7-20(28)29)9-6-19(27)25-13-3-12-24(14-15-25)16-17-4-1-2-11-22-17/h1-2,4,11H,3,5-10,12-16H2,(H,23,26)(H,28,29). The number of carbonyl (C=O) groups is 3. The van der Waals surface area contributed by atoms with Crippen LogP contribution in [0.25, 0.3) is 0 Å². The Hall–Kier alpha value is -2.48. The minimum Gasteiger partial charge on any atom is -0.481 e. The number of hydrogen-bond acceptors (Lipinski definition) is 5. The Balaban J connectivity index is 1.49. The van der Waals surface area contributed by atoms with Crippen molar-refractivity contribution in [3.05, 3.63) is 30.1 Å². The second-order valence-corrected chi connectivity index (χ2v) is 8.05. The molecule has 0 aliphatic carbocycles. The number of amides is 2. The first-order chi connectivity index (χ1) is 14.0. The van der Waals surface area contributed by atoms with Crippen molar-refractivity contribution in [3.63, 3.8) is 0 Å². The van der Waals surface area contributed by atoms with E-state index in [1.807, 2.05) is 23.1 Å². The highest BCUT2D eigenvalue weighted by atomic mass is 16.4. The summed E-state index contributed by atoms with van der Waals surface area (Å²) in [7, 11) is 0. The molecule has 0 bridgehead atoms. The van der Waals surface area contributed by atoms with Gasteiger partial charge >= 0.3 is 5.97 Å². The second-order valence-electron chi connectivity index (χ2n) is 8.05. The molecule has 1 aromatic heterocycles. The zero-order chi connectivity index (χ0) is 20.7. The SMILES string of the molecule is O=C(O)CCC1(CCC(=O)N2CCCN(Cc3ccccn3)CC2)CCC(=O)N1. The molecule has 0 radical (unpaired) electrons.